The molecule has 0 unspecified atom stereocenters. The Morgan fingerprint density at radius 2 is 2.29 bits per heavy atom. The Bertz CT molecular complexity index is 513. The van der Waals surface area contributed by atoms with Gasteiger partial charge in [-0.2, -0.15) is 5.26 Å². The van der Waals surface area contributed by atoms with E-state index in [1.165, 1.54) is 0 Å². The fourth-order valence-electron chi connectivity index (χ4n) is 1.47. The van der Waals surface area contributed by atoms with Gasteiger partial charge in [-0.15, -0.1) is 0 Å². The molecule has 94 valence electrons. The highest BCUT2D eigenvalue weighted by Crippen LogP contribution is 2.05. The number of hydrogen-bond acceptors (Lipinski definition) is 4. The maximum atomic E-state index is 10.7. The minimum Gasteiger partial charge on any atom is -0.342 e. The molecule has 3 N–H and O–H groups in total. The second-order valence-corrected chi connectivity index (χ2v) is 5.59. The van der Waals surface area contributed by atoms with Crippen molar-refractivity contribution in [1.29, 1.82) is 5.26 Å². The van der Waals surface area contributed by atoms with Crippen molar-refractivity contribution < 1.29 is 8.42 Å². The Morgan fingerprint density at radius 3 is 2.82 bits per heavy atom. The molecule has 0 bridgehead atoms. The fraction of sp³-hybridized carbons (Fsp3) is 0.500. The Labute approximate surface area is 101 Å². The predicted octanol–water partition coefficient (Wildman–Crippen LogP) is -0.335. The minimum atomic E-state index is -3.36. The van der Waals surface area contributed by atoms with Crippen molar-refractivity contribution in [2.75, 3.05) is 12.3 Å². The summed E-state index contributed by atoms with van der Waals surface area (Å²) >= 11 is 0. The van der Waals surface area contributed by atoms with E-state index in [4.69, 9.17) is 10.4 Å². The Morgan fingerprint density at radius 1 is 1.59 bits per heavy atom. The number of hydrogen-bond donors (Lipinski definition) is 2. The normalized spacial score (nSPS) is 11.4. The first-order chi connectivity index (χ1) is 7.92. The quantitative estimate of drug-likeness (QED) is 0.680. The predicted molar refractivity (Wildman–Crippen MR) is 64.4 cm³/mol. The van der Waals surface area contributed by atoms with E-state index in [1.54, 1.807) is 10.6 Å². The molecule has 6 nitrogen and oxygen atoms in total. The summed E-state index contributed by atoms with van der Waals surface area (Å²) in [5.74, 6) is -0.0156. The number of nitrogens with zero attached hydrogens (tertiary/aromatic N) is 2. The van der Waals surface area contributed by atoms with Crippen LogP contribution in [0.1, 0.15) is 17.7 Å². The van der Waals surface area contributed by atoms with Gasteiger partial charge in [0.15, 0.2) is 0 Å². The molecule has 0 spiro atoms. The molecule has 1 aromatic rings. The third-order valence-electron chi connectivity index (χ3n) is 2.29. The van der Waals surface area contributed by atoms with Crippen LogP contribution in [0.4, 0.5) is 0 Å². The molecule has 0 amide bonds. The number of sulfonamides is 1. The molecule has 1 aromatic heterocycles. The van der Waals surface area contributed by atoms with Crippen molar-refractivity contribution in [3.63, 3.8) is 0 Å². The Kier molecular flexibility index (Phi) is 4.69. The van der Waals surface area contributed by atoms with E-state index in [0.717, 1.165) is 5.56 Å². The number of nitrogens with two attached hydrogens (primary N) is 1. The molecule has 0 fully saturated rings. The average Bonchev–Trinajstić information content (AvgIpc) is 2.57. The highest BCUT2D eigenvalue weighted by molar-refractivity contribution is 7.89. The van der Waals surface area contributed by atoms with Gasteiger partial charge in [0, 0.05) is 19.8 Å². The lowest BCUT2D eigenvalue weighted by Crippen LogP contribution is -2.21. The largest absolute Gasteiger partial charge is 0.342 e. The second-order valence-electron chi connectivity index (χ2n) is 3.85. The molecule has 0 aliphatic heterocycles. The standard InChI is InChI=1S/C10H16N4O2S/c1-14-8-9(5-10(14)6-11)7-13-3-2-4-17(12,15)16/h5,8,13H,2-4,7H2,1H3,(H2,12,15,16). The third kappa shape index (κ3) is 4.99. The SMILES string of the molecule is Cn1cc(CNCCCS(N)(=O)=O)cc1C#N. The van der Waals surface area contributed by atoms with Crippen LogP contribution in [0.25, 0.3) is 0 Å². The van der Waals surface area contributed by atoms with E-state index < -0.39 is 10.0 Å². The van der Waals surface area contributed by atoms with E-state index in [9.17, 15) is 8.42 Å². The van der Waals surface area contributed by atoms with E-state index >= 15 is 0 Å². The number of primary sulfonamides is 1. The molecule has 0 saturated heterocycles. The van der Waals surface area contributed by atoms with Gasteiger partial charge < -0.3 is 9.88 Å². The smallest absolute Gasteiger partial charge is 0.209 e. The molecule has 0 aliphatic rings. The van der Waals surface area contributed by atoms with Gasteiger partial charge in [-0.3, -0.25) is 0 Å². The van der Waals surface area contributed by atoms with Crippen molar-refractivity contribution in [1.82, 2.24) is 9.88 Å². The van der Waals surface area contributed by atoms with Crippen LogP contribution >= 0.6 is 0 Å². The molecule has 0 aliphatic carbocycles. The molecule has 0 atom stereocenters. The molecular formula is C10H16N4O2S. The summed E-state index contributed by atoms with van der Waals surface area (Å²) in [5, 5.41) is 16.7. The van der Waals surface area contributed by atoms with E-state index in [1.807, 2.05) is 13.2 Å². The summed E-state index contributed by atoms with van der Waals surface area (Å²) in [4.78, 5) is 0. The molecule has 0 radical (unpaired) electrons. The number of nitrogens with one attached hydrogen (secondary N) is 1. The molecule has 1 heterocycles. The summed E-state index contributed by atoms with van der Waals surface area (Å²) in [6, 6.07) is 3.87. The molecular weight excluding hydrogens is 240 g/mol. The van der Waals surface area contributed by atoms with E-state index in [0.29, 0.717) is 25.2 Å². The number of aromatic nitrogens is 1. The lowest BCUT2D eigenvalue weighted by atomic mass is 10.3. The Balaban J connectivity index is 2.30. The number of nitriles is 1. The summed E-state index contributed by atoms with van der Waals surface area (Å²) in [6.07, 6.45) is 2.35. The lowest BCUT2D eigenvalue weighted by molar-refractivity contribution is 0.590. The van der Waals surface area contributed by atoms with Gasteiger partial charge in [-0.05, 0) is 24.6 Å². The minimum absolute atomic E-state index is 0.0156. The maximum absolute atomic E-state index is 10.7. The van der Waals surface area contributed by atoms with Crippen LogP contribution in [0.3, 0.4) is 0 Å². The maximum Gasteiger partial charge on any atom is 0.209 e. The number of rotatable bonds is 6. The second kappa shape index (κ2) is 5.82. The molecule has 17 heavy (non-hydrogen) atoms. The average molecular weight is 256 g/mol. The van der Waals surface area contributed by atoms with Crippen molar-refractivity contribution in [3.05, 3.63) is 23.5 Å². The fourth-order valence-corrected chi connectivity index (χ4v) is 2.02. The van der Waals surface area contributed by atoms with E-state index in [2.05, 4.69) is 11.4 Å². The van der Waals surface area contributed by atoms with Crippen molar-refractivity contribution in [2.24, 2.45) is 12.2 Å². The topological polar surface area (TPSA) is 101 Å². The van der Waals surface area contributed by atoms with Gasteiger partial charge in [0.25, 0.3) is 0 Å². The third-order valence-corrected chi connectivity index (χ3v) is 3.15. The highest BCUT2D eigenvalue weighted by atomic mass is 32.2. The summed E-state index contributed by atoms with van der Waals surface area (Å²) in [7, 11) is -1.55. The van der Waals surface area contributed by atoms with Gasteiger partial charge in [-0.1, -0.05) is 0 Å². The molecule has 0 aromatic carbocycles. The van der Waals surface area contributed by atoms with Gasteiger partial charge in [0.1, 0.15) is 11.8 Å². The van der Waals surface area contributed by atoms with Crippen LogP contribution in [0.5, 0.6) is 0 Å². The van der Waals surface area contributed by atoms with Gasteiger partial charge >= 0.3 is 0 Å². The Hall–Kier alpha value is -1.36. The molecule has 0 saturated carbocycles. The summed E-state index contributed by atoms with van der Waals surface area (Å²) in [6.45, 7) is 1.19. The zero-order valence-electron chi connectivity index (χ0n) is 9.68. The van der Waals surface area contributed by atoms with E-state index in [-0.39, 0.29) is 5.75 Å². The summed E-state index contributed by atoms with van der Waals surface area (Å²) in [5.41, 5.74) is 1.60. The van der Waals surface area contributed by atoms with Gasteiger partial charge in [0.2, 0.25) is 10.0 Å². The molecule has 1 rings (SSSR count). The van der Waals surface area contributed by atoms with Gasteiger partial charge in [0.05, 0.1) is 5.75 Å². The monoisotopic (exact) mass is 256 g/mol. The zero-order valence-corrected chi connectivity index (χ0v) is 10.5. The van der Waals surface area contributed by atoms with Crippen LogP contribution in [-0.2, 0) is 23.6 Å². The summed E-state index contributed by atoms with van der Waals surface area (Å²) < 4.78 is 23.1. The molecule has 7 heteroatoms. The van der Waals surface area contributed by atoms with Crippen molar-refractivity contribution in [3.8, 4) is 6.07 Å². The van der Waals surface area contributed by atoms with Gasteiger partial charge in [-0.25, -0.2) is 13.6 Å². The van der Waals surface area contributed by atoms with Crippen LogP contribution in [-0.4, -0.2) is 25.3 Å². The first-order valence-corrected chi connectivity index (χ1v) is 6.90. The first-order valence-electron chi connectivity index (χ1n) is 5.19. The zero-order chi connectivity index (χ0) is 12.9. The first kappa shape index (κ1) is 13.7. The van der Waals surface area contributed by atoms with Crippen LogP contribution in [0.15, 0.2) is 12.3 Å². The van der Waals surface area contributed by atoms with Crippen LogP contribution < -0.4 is 10.5 Å². The highest BCUT2D eigenvalue weighted by Gasteiger charge is 2.03. The van der Waals surface area contributed by atoms with Crippen molar-refractivity contribution in [2.45, 2.75) is 13.0 Å². The lowest BCUT2D eigenvalue weighted by Gasteiger charge is -2.02. The van der Waals surface area contributed by atoms with Crippen LogP contribution in [0.2, 0.25) is 0 Å². The number of aryl methyl sites for hydroxylation is 1. The van der Waals surface area contributed by atoms with Crippen LogP contribution in [0, 0.1) is 11.3 Å². The van der Waals surface area contributed by atoms with Crippen molar-refractivity contribution >= 4 is 10.0 Å².